The van der Waals surface area contributed by atoms with Crippen LogP contribution in [0.25, 0.3) is 10.9 Å². The molecule has 0 fully saturated rings. The van der Waals surface area contributed by atoms with Crippen LogP contribution in [-0.2, 0) is 12.4 Å². The van der Waals surface area contributed by atoms with E-state index in [1.807, 2.05) is 24.3 Å². The molecule has 0 saturated heterocycles. The summed E-state index contributed by atoms with van der Waals surface area (Å²) in [6.45, 7) is 0.0103. The maximum absolute atomic E-state index is 13.6. The van der Waals surface area contributed by atoms with E-state index in [0.717, 1.165) is 16.5 Å². The number of pyridine rings is 1. The lowest BCUT2D eigenvalue weighted by Gasteiger charge is -2.08. The van der Waals surface area contributed by atoms with Crippen LogP contribution in [0, 0.1) is 5.82 Å². The number of benzene rings is 2. The second-order valence-corrected chi connectivity index (χ2v) is 7.23. The smallest absolute Gasteiger partial charge is 0.210 e. The molecule has 0 aliphatic rings. The Balaban J connectivity index is 1.47. The highest BCUT2D eigenvalue weighted by Crippen LogP contribution is 2.29. The molecule has 0 radical (unpaired) electrons. The number of halogens is 2. The quantitative estimate of drug-likeness (QED) is 0.375. The summed E-state index contributed by atoms with van der Waals surface area (Å²) in [4.78, 5) is 4.43. The minimum absolute atomic E-state index is 0.0103. The fourth-order valence-electron chi connectivity index (χ4n) is 2.66. The minimum atomic E-state index is -0.442. The molecule has 0 saturated carbocycles. The minimum Gasteiger partial charge on any atom is -0.482 e. The molecular weight excluding hydrogens is 401 g/mol. The van der Waals surface area contributed by atoms with Crippen LogP contribution in [0.5, 0.6) is 5.75 Å². The van der Waals surface area contributed by atoms with E-state index in [1.165, 1.54) is 22.5 Å². The Hall–Kier alpha value is -2.84. The molecule has 0 atom stereocenters. The van der Waals surface area contributed by atoms with Gasteiger partial charge in [-0.25, -0.2) is 9.07 Å². The molecule has 0 aliphatic heterocycles. The van der Waals surface area contributed by atoms with Gasteiger partial charge in [-0.1, -0.05) is 41.6 Å². The fourth-order valence-corrected chi connectivity index (χ4v) is 3.74. The largest absolute Gasteiger partial charge is 0.482 e. The second-order valence-electron chi connectivity index (χ2n) is 5.88. The molecule has 9 heteroatoms. The highest BCUT2D eigenvalue weighted by molar-refractivity contribution is 7.98. The molecule has 2 heterocycles. The van der Waals surface area contributed by atoms with Crippen molar-refractivity contribution in [3.8, 4) is 5.75 Å². The summed E-state index contributed by atoms with van der Waals surface area (Å²) in [6.07, 6.45) is 1.73. The van der Waals surface area contributed by atoms with Gasteiger partial charge in [0.15, 0.2) is 17.4 Å². The number of aromatic nitrogens is 4. The van der Waals surface area contributed by atoms with E-state index in [4.69, 9.17) is 22.2 Å². The maximum Gasteiger partial charge on any atom is 0.210 e. The first-order valence-electron chi connectivity index (χ1n) is 8.35. The molecular formula is C19H15ClFN5OS. The SMILES string of the molecule is Nn1c(COc2ccccc2F)nnc1SCc1ccc(Cl)c2cccnc12. The number of rotatable bonds is 6. The number of thioether (sulfide) groups is 1. The number of nitrogen functional groups attached to an aromatic ring is 1. The second kappa shape index (κ2) is 8.04. The lowest BCUT2D eigenvalue weighted by molar-refractivity contribution is 0.277. The molecule has 4 rings (SSSR count). The Morgan fingerprint density at radius 1 is 1.11 bits per heavy atom. The third-order valence-electron chi connectivity index (χ3n) is 4.09. The van der Waals surface area contributed by atoms with Crippen molar-refractivity contribution in [2.24, 2.45) is 0 Å². The van der Waals surface area contributed by atoms with Crippen LogP contribution in [0.3, 0.4) is 0 Å². The third kappa shape index (κ3) is 3.74. The molecule has 142 valence electrons. The molecule has 0 spiro atoms. The first-order valence-corrected chi connectivity index (χ1v) is 9.71. The zero-order valence-electron chi connectivity index (χ0n) is 14.5. The van der Waals surface area contributed by atoms with Crippen LogP contribution in [-0.4, -0.2) is 19.9 Å². The van der Waals surface area contributed by atoms with Crippen LogP contribution >= 0.6 is 23.4 Å². The van der Waals surface area contributed by atoms with Crippen molar-refractivity contribution in [3.63, 3.8) is 0 Å². The lowest BCUT2D eigenvalue weighted by Crippen LogP contribution is -2.16. The molecule has 0 unspecified atom stereocenters. The van der Waals surface area contributed by atoms with E-state index in [2.05, 4.69) is 15.2 Å². The first kappa shape index (κ1) is 18.5. The normalized spacial score (nSPS) is 11.1. The van der Waals surface area contributed by atoms with Gasteiger partial charge < -0.3 is 10.6 Å². The van der Waals surface area contributed by atoms with Gasteiger partial charge in [0, 0.05) is 22.4 Å². The predicted molar refractivity (Wildman–Crippen MR) is 107 cm³/mol. The topological polar surface area (TPSA) is 78.9 Å². The Kier molecular flexibility index (Phi) is 5.31. The first-order chi connectivity index (χ1) is 13.6. The van der Waals surface area contributed by atoms with Gasteiger partial charge in [-0.05, 0) is 35.9 Å². The summed E-state index contributed by atoms with van der Waals surface area (Å²) >= 11 is 7.66. The van der Waals surface area contributed by atoms with E-state index < -0.39 is 5.82 Å². The summed E-state index contributed by atoms with van der Waals surface area (Å²) in [5.41, 5.74) is 1.85. The average molecular weight is 416 g/mol. The number of nitrogens with zero attached hydrogens (tertiary/aromatic N) is 4. The standard InChI is InChI=1S/C19H15ClFN5OS/c20-14-8-7-12(18-13(14)4-3-9-23-18)11-28-19-25-24-17(26(19)22)10-27-16-6-2-1-5-15(16)21/h1-9H,10-11,22H2. The molecule has 6 nitrogen and oxygen atoms in total. The highest BCUT2D eigenvalue weighted by atomic mass is 35.5. The van der Waals surface area contributed by atoms with E-state index in [9.17, 15) is 4.39 Å². The van der Waals surface area contributed by atoms with Crippen molar-refractivity contribution in [3.05, 3.63) is 77.0 Å². The van der Waals surface area contributed by atoms with Crippen molar-refractivity contribution in [1.82, 2.24) is 19.9 Å². The van der Waals surface area contributed by atoms with Gasteiger partial charge in [-0.2, -0.15) is 0 Å². The molecule has 28 heavy (non-hydrogen) atoms. The van der Waals surface area contributed by atoms with E-state index in [0.29, 0.717) is 21.8 Å². The van der Waals surface area contributed by atoms with Crippen molar-refractivity contribution in [1.29, 1.82) is 0 Å². The van der Waals surface area contributed by atoms with Gasteiger partial charge >= 0.3 is 0 Å². The maximum atomic E-state index is 13.6. The number of fused-ring (bicyclic) bond motifs is 1. The fraction of sp³-hybridized carbons (Fsp3) is 0.105. The summed E-state index contributed by atoms with van der Waals surface area (Å²) in [7, 11) is 0. The van der Waals surface area contributed by atoms with Crippen molar-refractivity contribution >= 4 is 34.3 Å². The van der Waals surface area contributed by atoms with Crippen LogP contribution in [0.4, 0.5) is 4.39 Å². The van der Waals surface area contributed by atoms with Crippen molar-refractivity contribution < 1.29 is 9.13 Å². The third-order valence-corrected chi connectivity index (χ3v) is 5.41. The Morgan fingerprint density at radius 2 is 1.96 bits per heavy atom. The number of ether oxygens (including phenoxy) is 1. The van der Waals surface area contributed by atoms with Gasteiger partial charge in [-0.3, -0.25) is 4.98 Å². The Labute approximate surface area is 169 Å². The summed E-state index contributed by atoms with van der Waals surface area (Å²) < 4.78 is 20.4. The molecule has 4 aromatic rings. The van der Waals surface area contributed by atoms with Crippen molar-refractivity contribution in [2.45, 2.75) is 17.5 Å². The van der Waals surface area contributed by atoms with Crippen LogP contribution < -0.4 is 10.6 Å². The van der Waals surface area contributed by atoms with Gasteiger partial charge in [0.05, 0.1) is 5.52 Å². The van der Waals surface area contributed by atoms with Crippen molar-refractivity contribution in [2.75, 3.05) is 5.84 Å². The van der Waals surface area contributed by atoms with Gasteiger partial charge in [0.2, 0.25) is 5.16 Å². The zero-order chi connectivity index (χ0) is 19.5. The predicted octanol–water partition coefficient (Wildman–Crippen LogP) is 4.20. The van der Waals surface area contributed by atoms with Crippen LogP contribution in [0.2, 0.25) is 5.02 Å². The van der Waals surface area contributed by atoms with E-state index in [1.54, 1.807) is 24.4 Å². The lowest BCUT2D eigenvalue weighted by atomic mass is 10.1. The monoisotopic (exact) mass is 415 g/mol. The molecule has 0 bridgehead atoms. The number of nitrogens with two attached hydrogens (primary N) is 1. The Bertz CT molecular complexity index is 1140. The molecule has 0 aliphatic carbocycles. The molecule has 2 aromatic carbocycles. The number of para-hydroxylation sites is 1. The number of hydrogen-bond donors (Lipinski definition) is 1. The van der Waals surface area contributed by atoms with Gasteiger partial charge in [0.25, 0.3) is 0 Å². The van der Waals surface area contributed by atoms with E-state index in [-0.39, 0.29) is 12.4 Å². The zero-order valence-corrected chi connectivity index (χ0v) is 16.1. The molecule has 0 amide bonds. The van der Waals surface area contributed by atoms with E-state index >= 15 is 0 Å². The summed E-state index contributed by atoms with van der Waals surface area (Å²) in [5.74, 6) is 6.75. The van der Waals surface area contributed by atoms with Gasteiger partial charge in [-0.15, -0.1) is 10.2 Å². The van der Waals surface area contributed by atoms with Crippen LogP contribution in [0.15, 0.2) is 59.9 Å². The summed E-state index contributed by atoms with van der Waals surface area (Å²) in [6, 6.07) is 13.7. The molecule has 2 N–H and O–H groups in total. The highest BCUT2D eigenvalue weighted by Gasteiger charge is 2.13. The van der Waals surface area contributed by atoms with Gasteiger partial charge in [0.1, 0.15) is 6.61 Å². The summed E-state index contributed by atoms with van der Waals surface area (Å²) in [5, 5.41) is 10.2. The van der Waals surface area contributed by atoms with Crippen LogP contribution in [0.1, 0.15) is 11.4 Å². The Morgan fingerprint density at radius 3 is 2.82 bits per heavy atom. The average Bonchev–Trinajstić information content (AvgIpc) is 3.07. The number of hydrogen-bond acceptors (Lipinski definition) is 6. The molecule has 2 aromatic heterocycles.